The molecule has 1 aromatic heterocycles. The van der Waals surface area contributed by atoms with E-state index in [1.165, 1.54) is 0 Å². The van der Waals surface area contributed by atoms with E-state index in [9.17, 15) is 0 Å². The summed E-state index contributed by atoms with van der Waals surface area (Å²) in [7, 11) is 1.72. The third kappa shape index (κ3) is 3.84. The Bertz CT molecular complexity index is 368. The van der Waals surface area contributed by atoms with Crippen LogP contribution in [0.25, 0.3) is 0 Å². The normalized spacial score (nSPS) is 10.8. The summed E-state index contributed by atoms with van der Waals surface area (Å²) >= 11 is 0. The van der Waals surface area contributed by atoms with Crippen molar-refractivity contribution in [3.63, 3.8) is 0 Å². The fourth-order valence-corrected chi connectivity index (χ4v) is 1.77. The summed E-state index contributed by atoms with van der Waals surface area (Å²) < 4.78 is 5.16. The lowest BCUT2D eigenvalue weighted by Crippen LogP contribution is -2.35. The highest BCUT2D eigenvalue weighted by Crippen LogP contribution is 2.20. The van der Waals surface area contributed by atoms with Crippen LogP contribution >= 0.6 is 0 Å². The lowest BCUT2D eigenvalue weighted by molar-refractivity contribution is 0.203. The Morgan fingerprint density at radius 1 is 1.44 bits per heavy atom. The maximum Gasteiger partial charge on any atom is 0.224 e. The second-order valence-corrected chi connectivity index (χ2v) is 4.51. The third-order valence-corrected chi connectivity index (χ3v) is 2.71. The smallest absolute Gasteiger partial charge is 0.224 e. The number of aromatic nitrogens is 2. The first-order valence-electron chi connectivity index (χ1n) is 6.43. The largest absolute Gasteiger partial charge is 0.383 e. The second-order valence-electron chi connectivity index (χ2n) is 4.51. The van der Waals surface area contributed by atoms with E-state index in [2.05, 4.69) is 34.0 Å². The molecule has 0 aliphatic heterocycles. The quantitative estimate of drug-likeness (QED) is 0.805. The average molecular weight is 252 g/mol. The van der Waals surface area contributed by atoms with Gasteiger partial charge in [0.1, 0.15) is 5.82 Å². The van der Waals surface area contributed by atoms with Crippen LogP contribution in [0.2, 0.25) is 0 Å². The Labute approximate surface area is 110 Å². The standard InChI is InChI=1S/C13H24N4O/c1-6-14-13-15-9-11(4)12(16-13)17(10(2)3)7-8-18-5/h9-10H,6-8H2,1-5H3,(H,14,15,16). The Balaban J connectivity index is 2.97. The van der Waals surface area contributed by atoms with Gasteiger partial charge in [-0.1, -0.05) is 0 Å². The summed E-state index contributed by atoms with van der Waals surface area (Å²) in [5, 5.41) is 3.14. The molecule has 0 fully saturated rings. The molecule has 0 saturated heterocycles. The van der Waals surface area contributed by atoms with E-state index in [-0.39, 0.29) is 0 Å². The minimum atomic E-state index is 0.378. The van der Waals surface area contributed by atoms with Gasteiger partial charge in [-0.25, -0.2) is 4.98 Å². The van der Waals surface area contributed by atoms with Gasteiger partial charge in [0.2, 0.25) is 5.95 Å². The van der Waals surface area contributed by atoms with Crippen molar-refractivity contribution in [2.24, 2.45) is 0 Å². The number of hydrogen-bond donors (Lipinski definition) is 1. The first-order chi connectivity index (χ1) is 8.60. The number of anilines is 2. The molecule has 0 spiro atoms. The van der Waals surface area contributed by atoms with E-state index in [1.807, 2.05) is 20.0 Å². The molecule has 0 aromatic carbocycles. The molecular weight excluding hydrogens is 228 g/mol. The molecule has 0 aliphatic carbocycles. The molecule has 1 aromatic rings. The van der Waals surface area contributed by atoms with Crippen LogP contribution < -0.4 is 10.2 Å². The van der Waals surface area contributed by atoms with Crippen molar-refractivity contribution in [2.45, 2.75) is 33.7 Å². The van der Waals surface area contributed by atoms with E-state index in [0.29, 0.717) is 18.6 Å². The molecule has 0 bridgehead atoms. The Hall–Kier alpha value is -1.36. The molecule has 0 aliphatic rings. The molecular formula is C13H24N4O. The van der Waals surface area contributed by atoms with Crippen molar-refractivity contribution in [1.29, 1.82) is 0 Å². The summed E-state index contributed by atoms with van der Waals surface area (Å²) in [6.45, 7) is 10.7. The Morgan fingerprint density at radius 3 is 2.72 bits per heavy atom. The predicted molar refractivity (Wildman–Crippen MR) is 75.3 cm³/mol. The SMILES string of the molecule is CCNc1ncc(C)c(N(CCOC)C(C)C)n1. The highest BCUT2D eigenvalue weighted by Gasteiger charge is 2.15. The highest BCUT2D eigenvalue weighted by molar-refractivity contribution is 5.49. The topological polar surface area (TPSA) is 50.3 Å². The highest BCUT2D eigenvalue weighted by atomic mass is 16.5. The molecule has 5 heteroatoms. The van der Waals surface area contributed by atoms with Crippen molar-refractivity contribution >= 4 is 11.8 Å². The van der Waals surface area contributed by atoms with Gasteiger partial charge in [-0.05, 0) is 27.7 Å². The Kier molecular flexibility index (Phi) is 5.85. The van der Waals surface area contributed by atoms with Crippen LogP contribution in [0.3, 0.4) is 0 Å². The van der Waals surface area contributed by atoms with Crippen LogP contribution in [0.1, 0.15) is 26.3 Å². The second kappa shape index (κ2) is 7.16. The summed E-state index contributed by atoms with van der Waals surface area (Å²) in [5.41, 5.74) is 1.08. The molecule has 0 unspecified atom stereocenters. The maximum absolute atomic E-state index is 5.16. The number of hydrogen-bond acceptors (Lipinski definition) is 5. The summed E-state index contributed by atoms with van der Waals surface area (Å²) in [6.07, 6.45) is 1.86. The number of rotatable bonds is 7. The van der Waals surface area contributed by atoms with Gasteiger partial charge < -0.3 is 15.0 Å². The summed E-state index contributed by atoms with van der Waals surface area (Å²) in [4.78, 5) is 11.1. The van der Waals surface area contributed by atoms with Crippen molar-refractivity contribution in [1.82, 2.24) is 9.97 Å². The lowest BCUT2D eigenvalue weighted by Gasteiger charge is -2.29. The van der Waals surface area contributed by atoms with E-state index in [0.717, 1.165) is 24.5 Å². The summed E-state index contributed by atoms with van der Waals surface area (Å²) in [6, 6.07) is 0.378. The van der Waals surface area contributed by atoms with Gasteiger partial charge in [-0.2, -0.15) is 4.98 Å². The molecule has 0 atom stereocenters. The van der Waals surface area contributed by atoms with Gasteiger partial charge in [0.15, 0.2) is 0 Å². The molecule has 0 saturated carbocycles. The molecule has 0 amide bonds. The van der Waals surface area contributed by atoms with Crippen molar-refractivity contribution in [3.05, 3.63) is 11.8 Å². The molecule has 1 rings (SSSR count). The van der Waals surface area contributed by atoms with Crippen molar-refractivity contribution in [2.75, 3.05) is 37.0 Å². The van der Waals surface area contributed by atoms with Gasteiger partial charge in [0.05, 0.1) is 6.61 Å². The van der Waals surface area contributed by atoms with Gasteiger partial charge in [-0.15, -0.1) is 0 Å². The van der Waals surface area contributed by atoms with Crippen LogP contribution in [0.5, 0.6) is 0 Å². The minimum absolute atomic E-state index is 0.378. The van der Waals surface area contributed by atoms with Gasteiger partial charge in [0.25, 0.3) is 0 Å². The fourth-order valence-electron chi connectivity index (χ4n) is 1.77. The predicted octanol–water partition coefficient (Wildman–Crippen LogP) is 2.08. The number of ether oxygens (including phenoxy) is 1. The number of nitrogens with zero attached hydrogens (tertiary/aromatic N) is 3. The fraction of sp³-hybridized carbons (Fsp3) is 0.692. The molecule has 102 valence electrons. The zero-order chi connectivity index (χ0) is 13.5. The molecule has 0 radical (unpaired) electrons. The van der Waals surface area contributed by atoms with Gasteiger partial charge in [0, 0.05) is 38.0 Å². The van der Waals surface area contributed by atoms with Crippen LogP contribution in [0.4, 0.5) is 11.8 Å². The zero-order valence-electron chi connectivity index (χ0n) is 12.0. The van der Waals surface area contributed by atoms with E-state index in [1.54, 1.807) is 7.11 Å². The van der Waals surface area contributed by atoms with Crippen LogP contribution in [0, 0.1) is 6.92 Å². The van der Waals surface area contributed by atoms with Crippen molar-refractivity contribution < 1.29 is 4.74 Å². The van der Waals surface area contributed by atoms with Crippen LogP contribution in [-0.2, 0) is 4.74 Å². The number of methoxy groups -OCH3 is 1. The number of nitrogens with one attached hydrogen (secondary N) is 1. The first-order valence-corrected chi connectivity index (χ1v) is 6.43. The average Bonchev–Trinajstić information content (AvgIpc) is 2.33. The summed E-state index contributed by atoms with van der Waals surface area (Å²) in [5.74, 6) is 1.66. The molecule has 1 N–H and O–H groups in total. The monoisotopic (exact) mass is 252 g/mol. The molecule has 18 heavy (non-hydrogen) atoms. The minimum Gasteiger partial charge on any atom is -0.383 e. The van der Waals surface area contributed by atoms with Crippen molar-refractivity contribution in [3.8, 4) is 0 Å². The van der Waals surface area contributed by atoms with E-state index >= 15 is 0 Å². The van der Waals surface area contributed by atoms with Crippen LogP contribution in [-0.4, -0.2) is 42.8 Å². The first kappa shape index (κ1) is 14.7. The lowest BCUT2D eigenvalue weighted by atomic mass is 10.2. The molecule has 5 nitrogen and oxygen atoms in total. The van der Waals surface area contributed by atoms with E-state index in [4.69, 9.17) is 4.74 Å². The maximum atomic E-state index is 5.16. The molecule has 1 heterocycles. The van der Waals surface area contributed by atoms with Crippen LogP contribution in [0.15, 0.2) is 6.20 Å². The van der Waals surface area contributed by atoms with Gasteiger partial charge >= 0.3 is 0 Å². The Morgan fingerprint density at radius 2 is 2.17 bits per heavy atom. The van der Waals surface area contributed by atoms with Gasteiger partial charge in [-0.3, -0.25) is 0 Å². The number of aryl methyl sites for hydroxylation is 1. The van der Waals surface area contributed by atoms with E-state index < -0.39 is 0 Å². The zero-order valence-corrected chi connectivity index (χ0v) is 12.0. The third-order valence-electron chi connectivity index (χ3n) is 2.71.